The smallest absolute Gasteiger partial charge is 0.301 e. The first kappa shape index (κ1) is 18.0. The third-order valence-electron chi connectivity index (χ3n) is 3.73. The Labute approximate surface area is 143 Å². The van der Waals surface area contributed by atoms with Gasteiger partial charge in [0.1, 0.15) is 0 Å². The van der Waals surface area contributed by atoms with Gasteiger partial charge in [-0.2, -0.15) is 4.39 Å². The van der Waals surface area contributed by atoms with E-state index < -0.39 is 6.36 Å². The lowest BCUT2D eigenvalue weighted by atomic mass is 9.93. The lowest BCUT2D eigenvalue weighted by Gasteiger charge is -2.19. The van der Waals surface area contributed by atoms with Crippen LogP contribution in [-0.4, -0.2) is 6.61 Å². The number of benzene rings is 2. The zero-order chi connectivity index (χ0) is 17.0. The maximum Gasteiger partial charge on any atom is 0.301 e. The van der Waals surface area contributed by atoms with E-state index in [9.17, 15) is 4.39 Å². The molecular weight excluding hydrogens is 311 g/mol. The fourth-order valence-electron chi connectivity index (χ4n) is 2.61. The summed E-state index contributed by atoms with van der Waals surface area (Å²) in [5.41, 5.74) is 4.14. The van der Waals surface area contributed by atoms with Crippen LogP contribution >= 0.6 is 11.6 Å². The third kappa shape index (κ3) is 4.13. The summed E-state index contributed by atoms with van der Waals surface area (Å²) < 4.78 is 20.0. The number of ether oxygens (including phenoxy) is 1. The molecule has 0 bridgehead atoms. The molecule has 0 saturated heterocycles. The quantitative estimate of drug-likeness (QED) is 0.597. The molecule has 0 aromatic heterocycles. The van der Waals surface area contributed by atoms with Crippen molar-refractivity contribution in [2.24, 2.45) is 5.92 Å². The molecule has 2 rings (SSSR count). The molecule has 0 unspecified atom stereocenters. The standard InChI is InChI=1S/C20H23ClFO/c1-5-15-11-14(4)17(16-9-7-6-8-10-16)19(21)18(15)20(22)23-12-13(2)3/h6-11,13H,5,12H2,1-4H3. The number of hydrogen-bond donors (Lipinski definition) is 0. The van der Waals surface area contributed by atoms with E-state index in [0.717, 1.165) is 22.3 Å². The predicted molar refractivity (Wildman–Crippen MR) is 95.2 cm³/mol. The minimum absolute atomic E-state index is 0.253. The van der Waals surface area contributed by atoms with E-state index in [4.69, 9.17) is 16.3 Å². The van der Waals surface area contributed by atoms with E-state index >= 15 is 0 Å². The fourth-order valence-corrected chi connectivity index (χ4v) is 3.06. The van der Waals surface area contributed by atoms with Crippen LogP contribution in [0.4, 0.5) is 4.39 Å². The fraction of sp³-hybridized carbons (Fsp3) is 0.350. The largest absolute Gasteiger partial charge is 0.337 e. The van der Waals surface area contributed by atoms with Crippen LogP contribution in [0.15, 0.2) is 36.4 Å². The second kappa shape index (κ2) is 7.94. The first-order valence-electron chi connectivity index (χ1n) is 7.98. The highest BCUT2D eigenvalue weighted by Crippen LogP contribution is 2.40. The van der Waals surface area contributed by atoms with Gasteiger partial charge in [-0.3, -0.25) is 0 Å². The molecule has 0 atom stereocenters. The zero-order valence-electron chi connectivity index (χ0n) is 14.1. The van der Waals surface area contributed by atoms with Gasteiger partial charge in [-0.15, -0.1) is 0 Å². The summed E-state index contributed by atoms with van der Waals surface area (Å²) in [6.07, 6.45) is 0.112. The average Bonchev–Trinajstić information content (AvgIpc) is 2.53. The summed E-state index contributed by atoms with van der Waals surface area (Å²) in [6, 6.07) is 11.8. The number of hydrogen-bond acceptors (Lipinski definition) is 1. The van der Waals surface area contributed by atoms with Crippen LogP contribution in [0, 0.1) is 19.2 Å². The monoisotopic (exact) mass is 333 g/mol. The highest BCUT2D eigenvalue weighted by molar-refractivity contribution is 6.34. The van der Waals surface area contributed by atoms with Crippen LogP contribution in [0.5, 0.6) is 0 Å². The van der Waals surface area contributed by atoms with Crippen molar-refractivity contribution < 1.29 is 9.13 Å². The van der Waals surface area contributed by atoms with Crippen molar-refractivity contribution in [1.29, 1.82) is 0 Å². The molecule has 23 heavy (non-hydrogen) atoms. The molecule has 2 aromatic carbocycles. The van der Waals surface area contributed by atoms with E-state index in [1.165, 1.54) is 0 Å². The first-order valence-corrected chi connectivity index (χ1v) is 8.36. The molecule has 123 valence electrons. The van der Waals surface area contributed by atoms with Crippen LogP contribution in [0.1, 0.15) is 37.5 Å². The Hall–Kier alpha value is -1.38. The molecule has 0 spiro atoms. The summed E-state index contributed by atoms with van der Waals surface area (Å²) >= 11 is 6.60. The van der Waals surface area contributed by atoms with Crippen LogP contribution in [0.25, 0.3) is 11.1 Å². The summed E-state index contributed by atoms with van der Waals surface area (Å²) in [4.78, 5) is 0. The second-order valence-electron chi connectivity index (χ2n) is 6.11. The molecule has 0 heterocycles. The highest BCUT2D eigenvalue weighted by Gasteiger charge is 2.24. The van der Waals surface area contributed by atoms with E-state index in [1.54, 1.807) is 0 Å². The molecule has 2 aromatic rings. The molecule has 3 heteroatoms. The van der Waals surface area contributed by atoms with Crippen molar-refractivity contribution in [2.45, 2.75) is 34.1 Å². The Bertz CT molecular complexity index is 652. The Morgan fingerprint density at radius 3 is 2.43 bits per heavy atom. The topological polar surface area (TPSA) is 9.23 Å². The van der Waals surface area contributed by atoms with E-state index in [0.29, 0.717) is 23.6 Å². The Kier molecular flexibility index (Phi) is 6.20. The Morgan fingerprint density at radius 2 is 1.87 bits per heavy atom. The number of halogens is 2. The minimum atomic E-state index is -0.585. The van der Waals surface area contributed by atoms with Gasteiger partial charge in [0.25, 0.3) is 0 Å². The van der Waals surface area contributed by atoms with Crippen LogP contribution in [0.2, 0.25) is 5.02 Å². The van der Waals surface area contributed by atoms with Gasteiger partial charge in [0, 0.05) is 11.1 Å². The summed E-state index contributed by atoms with van der Waals surface area (Å²) in [5, 5.41) is 0.425. The second-order valence-corrected chi connectivity index (χ2v) is 6.49. The van der Waals surface area contributed by atoms with E-state index in [1.807, 2.05) is 64.1 Å². The van der Waals surface area contributed by atoms with Gasteiger partial charge in [-0.1, -0.05) is 68.8 Å². The first-order chi connectivity index (χ1) is 11.0. The zero-order valence-corrected chi connectivity index (χ0v) is 14.9. The van der Waals surface area contributed by atoms with Crippen molar-refractivity contribution >= 4 is 11.6 Å². The molecule has 0 aliphatic rings. The van der Waals surface area contributed by atoms with Crippen molar-refractivity contribution in [1.82, 2.24) is 0 Å². The third-order valence-corrected chi connectivity index (χ3v) is 4.11. The van der Waals surface area contributed by atoms with E-state index in [2.05, 4.69) is 0 Å². The maximum atomic E-state index is 14.6. The Balaban J connectivity index is 2.52. The van der Waals surface area contributed by atoms with Crippen LogP contribution in [-0.2, 0) is 11.2 Å². The maximum absolute atomic E-state index is 14.6. The lowest BCUT2D eigenvalue weighted by Crippen LogP contribution is -2.10. The molecule has 0 fully saturated rings. The minimum Gasteiger partial charge on any atom is -0.337 e. The van der Waals surface area contributed by atoms with Crippen LogP contribution < -0.4 is 0 Å². The predicted octanol–water partition coefficient (Wildman–Crippen LogP) is 6.36. The van der Waals surface area contributed by atoms with Gasteiger partial charge >= 0.3 is 6.36 Å². The highest BCUT2D eigenvalue weighted by atomic mass is 35.5. The van der Waals surface area contributed by atoms with Gasteiger partial charge in [0.15, 0.2) is 0 Å². The van der Waals surface area contributed by atoms with Crippen LogP contribution in [0.3, 0.4) is 0 Å². The van der Waals surface area contributed by atoms with Gasteiger partial charge < -0.3 is 4.74 Å². The molecule has 0 saturated carbocycles. The molecule has 0 amide bonds. The molecular formula is C20H23ClFO. The lowest BCUT2D eigenvalue weighted by molar-refractivity contribution is 0.0657. The SMILES string of the molecule is CCc1cc(C)c(-c2ccccc2)c(Cl)c1[C](F)OCC(C)C. The normalized spacial score (nSPS) is 11.5. The van der Waals surface area contributed by atoms with Crippen molar-refractivity contribution in [2.75, 3.05) is 6.61 Å². The van der Waals surface area contributed by atoms with Gasteiger partial charge in [-0.05, 0) is 36.0 Å². The van der Waals surface area contributed by atoms with Gasteiger partial charge in [0.05, 0.1) is 11.6 Å². The summed E-state index contributed by atoms with van der Waals surface area (Å²) in [5.74, 6) is 0.253. The summed E-state index contributed by atoms with van der Waals surface area (Å²) in [7, 11) is 0. The van der Waals surface area contributed by atoms with E-state index in [-0.39, 0.29) is 5.92 Å². The van der Waals surface area contributed by atoms with Gasteiger partial charge in [0.2, 0.25) is 0 Å². The number of aryl methyl sites for hydroxylation is 2. The van der Waals surface area contributed by atoms with Crippen molar-refractivity contribution in [3.05, 3.63) is 64.5 Å². The molecule has 1 radical (unpaired) electrons. The molecule has 0 aliphatic carbocycles. The van der Waals surface area contributed by atoms with Crippen molar-refractivity contribution in [3.8, 4) is 11.1 Å². The van der Waals surface area contributed by atoms with Gasteiger partial charge in [-0.25, -0.2) is 0 Å². The molecule has 1 nitrogen and oxygen atoms in total. The molecule has 0 aliphatic heterocycles. The Morgan fingerprint density at radius 1 is 1.22 bits per heavy atom. The summed E-state index contributed by atoms with van der Waals surface area (Å²) in [6.45, 7) is 8.30. The average molecular weight is 334 g/mol. The van der Waals surface area contributed by atoms with Crippen molar-refractivity contribution in [3.63, 3.8) is 0 Å². The number of rotatable bonds is 6. The molecule has 0 N–H and O–H groups in total.